The van der Waals surface area contributed by atoms with E-state index in [-0.39, 0.29) is 11.1 Å². The minimum atomic E-state index is -1.20. The highest BCUT2D eigenvalue weighted by molar-refractivity contribution is 7.16. The van der Waals surface area contributed by atoms with Gasteiger partial charge in [0.2, 0.25) is 0 Å². The first kappa shape index (κ1) is 18.2. The topological polar surface area (TPSA) is 64.3 Å². The first-order valence-corrected chi connectivity index (χ1v) is 9.37. The van der Waals surface area contributed by atoms with Crippen molar-refractivity contribution in [2.75, 3.05) is 11.9 Å². The molecule has 134 valence electrons. The Morgan fingerprint density at radius 2 is 2.12 bits per heavy atom. The highest BCUT2D eigenvalue weighted by Gasteiger charge is 2.34. The summed E-state index contributed by atoms with van der Waals surface area (Å²) in [6, 6.07) is 12.1. The quantitative estimate of drug-likeness (QED) is 0.604. The molecule has 4 nitrogen and oxygen atoms in total. The second-order valence-corrected chi connectivity index (χ2v) is 8.54. The van der Waals surface area contributed by atoms with E-state index in [0.717, 1.165) is 21.7 Å². The lowest BCUT2D eigenvalue weighted by Crippen LogP contribution is -2.45. The third-order valence-corrected chi connectivity index (χ3v) is 6.26. The third kappa shape index (κ3) is 3.25. The number of fused-ring (bicyclic) bond motifs is 1. The van der Waals surface area contributed by atoms with Gasteiger partial charge in [-0.15, -0.1) is 11.3 Å². The fourth-order valence-electron chi connectivity index (χ4n) is 3.60. The van der Waals surface area contributed by atoms with Crippen LogP contribution in [-0.2, 0) is 4.79 Å². The molecule has 2 aromatic rings. The molecule has 1 aliphatic heterocycles. The molecule has 0 aliphatic carbocycles. The summed E-state index contributed by atoms with van der Waals surface area (Å²) >= 11 is 1.50. The lowest BCUT2D eigenvalue weighted by molar-refractivity contribution is -0.132. The summed E-state index contributed by atoms with van der Waals surface area (Å²) in [6.45, 7) is 6.81. The number of aliphatic carboxylic acids is 1. The summed E-state index contributed by atoms with van der Waals surface area (Å²) in [5.74, 6) is -0.719. The first-order valence-electron chi connectivity index (χ1n) is 8.56. The molecule has 2 heterocycles. The highest BCUT2D eigenvalue weighted by Crippen LogP contribution is 2.44. The van der Waals surface area contributed by atoms with Crippen molar-refractivity contribution in [3.05, 3.63) is 46.3 Å². The largest absolute Gasteiger partial charge is 0.477 e. The van der Waals surface area contributed by atoms with Crippen LogP contribution in [0.25, 0.3) is 16.5 Å². The monoisotopic (exact) mass is 366 g/mol. The summed E-state index contributed by atoms with van der Waals surface area (Å²) < 4.78 is 0. The summed E-state index contributed by atoms with van der Waals surface area (Å²) in [6.07, 6.45) is 2.52. The second kappa shape index (κ2) is 6.62. The van der Waals surface area contributed by atoms with Crippen molar-refractivity contribution in [1.29, 1.82) is 5.26 Å². The summed E-state index contributed by atoms with van der Waals surface area (Å²) in [4.78, 5) is 15.2. The van der Waals surface area contributed by atoms with Gasteiger partial charge < -0.3 is 10.0 Å². The second-order valence-electron chi connectivity index (χ2n) is 7.43. The molecule has 1 aromatic heterocycles. The van der Waals surface area contributed by atoms with Gasteiger partial charge in [-0.1, -0.05) is 13.0 Å². The van der Waals surface area contributed by atoms with Gasteiger partial charge in [0.25, 0.3) is 0 Å². The number of anilines is 1. The van der Waals surface area contributed by atoms with E-state index in [0.29, 0.717) is 5.92 Å². The van der Waals surface area contributed by atoms with Crippen molar-refractivity contribution in [2.24, 2.45) is 0 Å². The molecule has 1 N–H and O–H groups in total. The predicted octanol–water partition coefficient (Wildman–Crippen LogP) is 5.13. The number of carboxylic acid groups (broad SMARTS) is 1. The van der Waals surface area contributed by atoms with Crippen molar-refractivity contribution in [3.8, 4) is 16.5 Å². The molecule has 0 fully saturated rings. The van der Waals surface area contributed by atoms with Crippen LogP contribution >= 0.6 is 11.3 Å². The van der Waals surface area contributed by atoms with E-state index >= 15 is 0 Å². The van der Waals surface area contributed by atoms with Crippen molar-refractivity contribution in [1.82, 2.24) is 0 Å². The highest BCUT2D eigenvalue weighted by atomic mass is 32.1. The van der Waals surface area contributed by atoms with Crippen LogP contribution in [0.5, 0.6) is 0 Å². The first-order chi connectivity index (χ1) is 12.2. The molecule has 1 aromatic carbocycles. The maximum atomic E-state index is 11.0. The number of carboxylic acids is 1. The summed E-state index contributed by atoms with van der Waals surface area (Å²) in [5, 5.41) is 17.9. The van der Waals surface area contributed by atoms with Crippen molar-refractivity contribution < 1.29 is 9.90 Å². The molecule has 0 bridgehead atoms. The molecule has 1 aliphatic rings. The van der Waals surface area contributed by atoms with Gasteiger partial charge in [0.05, 0.1) is 0 Å². The Morgan fingerprint density at radius 3 is 2.77 bits per heavy atom. The van der Waals surface area contributed by atoms with Gasteiger partial charge in [-0.3, -0.25) is 0 Å². The lowest BCUT2D eigenvalue weighted by atomic mass is 9.80. The zero-order valence-electron chi connectivity index (χ0n) is 15.4. The molecular weight excluding hydrogens is 344 g/mol. The fourth-order valence-corrected chi connectivity index (χ4v) is 4.55. The molecular formula is C21H22N2O2S. The fraction of sp³-hybridized carbons (Fsp3) is 0.333. The van der Waals surface area contributed by atoms with E-state index in [2.05, 4.69) is 50.9 Å². The number of nitrogens with zero attached hydrogens (tertiary/aromatic N) is 2. The van der Waals surface area contributed by atoms with Crippen LogP contribution in [0, 0.1) is 11.3 Å². The molecule has 1 unspecified atom stereocenters. The summed E-state index contributed by atoms with van der Waals surface area (Å²) in [7, 11) is 2.15. The Bertz CT molecular complexity index is 934. The zero-order chi connectivity index (χ0) is 19.1. The normalized spacial score (nSPS) is 19.0. The maximum Gasteiger partial charge on any atom is 0.346 e. The number of rotatable bonds is 3. The molecule has 0 radical (unpaired) electrons. The Hall–Kier alpha value is -2.58. The number of hydrogen-bond donors (Lipinski definition) is 1. The lowest BCUT2D eigenvalue weighted by Gasteiger charge is -2.45. The molecule has 0 amide bonds. The van der Waals surface area contributed by atoms with Crippen LogP contribution in [0.15, 0.2) is 35.9 Å². The number of benzene rings is 1. The summed E-state index contributed by atoms with van der Waals surface area (Å²) in [5.41, 5.74) is 3.63. The molecule has 1 atom stereocenters. The van der Waals surface area contributed by atoms with Gasteiger partial charge in [-0.2, -0.15) is 5.26 Å². The zero-order valence-corrected chi connectivity index (χ0v) is 16.2. The van der Waals surface area contributed by atoms with Crippen LogP contribution in [0.4, 0.5) is 5.69 Å². The van der Waals surface area contributed by atoms with Crippen LogP contribution in [0.3, 0.4) is 0 Å². The minimum Gasteiger partial charge on any atom is -0.477 e. The molecule has 5 heteroatoms. The van der Waals surface area contributed by atoms with Gasteiger partial charge in [-0.05, 0) is 67.7 Å². The molecule has 3 rings (SSSR count). The number of carbonyl (C=O) groups is 1. The van der Waals surface area contributed by atoms with Gasteiger partial charge in [-0.25, -0.2) is 4.79 Å². The molecule has 26 heavy (non-hydrogen) atoms. The van der Waals surface area contributed by atoms with Crippen LogP contribution in [0.2, 0.25) is 0 Å². The average Bonchev–Trinajstić information content (AvgIpc) is 3.05. The van der Waals surface area contributed by atoms with E-state index in [1.54, 1.807) is 6.07 Å². The molecule has 0 saturated carbocycles. The van der Waals surface area contributed by atoms with Crippen LogP contribution in [-0.4, -0.2) is 23.7 Å². The van der Waals surface area contributed by atoms with Crippen LogP contribution in [0.1, 0.15) is 43.6 Å². The van der Waals surface area contributed by atoms with E-state index in [9.17, 15) is 4.79 Å². The van der Waals surface area contributed by atoms with Gasteiger partial charge >= 0.3 is 5.97 Å². The average molecular weight is 366 g/mol. The SMILES string of the molecule is CC1CC(C)(C)N(C)c2ccc(-c3ccc(/C=C(\C#N)C(=O)O)s3)cc21. The number of thiophene rings is 1. The van der Waals surface area contributed by atoms with Crippen molar-refractivity contribution in [3.63, 3.8) is 0 Å². The standard InChI is InChI=1S/C21H22N2O2S/c1-13-11-21(2,3)23(4)18-7-5-14(10-17(13)18)19-8-6-16(26-19)9-15(12-22)20(24)25/h5-10,13H,11H2,1-4H3,(H,24,25)/b15-9+. The van der Waals surface area contributed by atoms with Crippen molar-refractivity contribution in [2.45, 2.75) is 38.6 Å². The van der Waals surface area contributed by atoms with E-state index in [4.69, 9.17) is 10.4 Å². The molecule has 0 saturated heterocycles. The van der Waals surface area contributed by atoms with E-state index in [1.807, 2.05) is 12.1 Å². The van der Waals surface area contributed by atoms with Crippen molar-refractivity contribution >= 4 is 29.1 Å². The minimum absolute atomic E-state index is 0.138. The number of hydrogen-bond acceptors (Lipinski definition) is 4. The predicted molar refractivity (Wildman–Crippen MR) is 106 cm³/mol. The smallest absolute Gasteiger partial charge is 0.346 e. The van der Waals surface area contributed by atoms with Gasteiger partial charge in [0, 0.05) is 28.0 Å². The Balaban J connectivity index is 1.97. The molecule has 0 spiro atoms. The maximum absolute atomic E-state index is 11.0. The van der Waals surface area contributed by atoms with Gasteiger partial charge in [0.1, 0.15) is 11.6 Å². The van der Waals surface area contributed by atoms with E-state index < -0.39 is 5.97 Å². The number of nitriles is 1. The van der Waals surface area contributed by atoms with Crippen LogP contribution < -0.4 is 4.90 Å². The Kier molecular flexibility index (Phi) is 4.64. The Labute approximate surface area is 158 Å². The van der Waals surface area contributed by atoms with Gasteiger partial charge in [0.15, 0.2) is 0 Å². The third-order valence-electron chi connectivity index (χ3n) is 5.18. The van der Waals surface area contributed by atoms with E-state index in [1.165, 1.54) is 28.7 Å². The Morgan fingerprint density at radius 1 is 1.38 bits per heavy atom.